The summed E-state index contributed by atoms with van der Waals surface area (Å²) in [5.74, 6) is -0.473. The number of benzene rings is 1. The molecule has 1 rings (SSSR count). The zero-order valence-corrected chi connectivity index (χ0v) is 9.24. The number of ketones is 1. The van der Waals surface area contributed by atoms with Crippen LogP contribution >= 0.6 is 15.9 Å². The molecule has 0 aliphatic rings. The molecule has 0 bridgehead atoms. The molecule has 0 saturated carbocycles. The molecule has 0 aromatic heterocycles. The van der Waals surface area contributed by atoms with E-state index in [1.54, 1.807) is 0 Å². The van der Waals surface area contributed by atoms with Crippen LogP contribution in [-0.4, -0.2) is 5.78 Å². The second kappa shape index (κ2) is 3.84. The topological polar surface area (TPSA) is 43.1 Å². The predicted molar refractivity (Wildman–Crippen MR) is 53.6 cm³/mol. The molecule has 1 aromatic carbocycles. The summed E-state index contributed by atoms with van der Waals surface area (Å²) in [6.45, 7) is 1.18. The number of halogens is 4. The van der Waals surface area contributed by atoms with Gasteiger partial charge in [0.25, 0.3) is 0 Å². The van der Waals surface area contributed by atoms with Gasteiger partial charge in [0.2, 0.25) is 0 Å². The van der Waals surface area contributed by atoms with E-state index in [4.69, 9.17) is 5.73 Å². The summed E-state index contributed by atoms with van der Waals surface area (Å²) in [6.07, 6.45) is -4.50. The van der Waals surface area contributed by atoms with E-state index in [2.05, 4.69) is 15.9 Å². The van der Waals surface area contributed by atoms with Gasteiger partial charge in [0, 0.05) is 11.3 Å². The zero-order valence-electron chi connectivity index (χ0n) is 7.65. The van der Waals surface area contributed by atoms with E-state index in [0.29, 0.717) is 0 Å². The van der Waals surface area contributed by atoms with Crippen molar-refractivity contribution in [1.29, 1.82) is 0 Å². The summed E-state index contributed by atoms with van der Waals surface area (Å²) in [4.78, 5) is 11.0. The average molecular weight is 282 g/mol. The van der Waals surface area contributed by atoms with Crippen molar-refractivity contribution in [3.8, 4) is 0 Å². The maximum Gasteiger partial charge on any atom is 0.416 e. The fraction of sp³-hybridized carbons (Fsp3) is 0.222. The van der Waals surface area contributed by atoms with Crippen molar-refractivity contribution >= 4 is 27.4 Å². The number of alkyl halides is 3. The summed E-state index contributed by atoms with van der Waals surface area (Å²) in [6, 6.07) is 1.57. The molecule has 0 amide bonds. The minimum absolute atomic E-state index is 0.0673. The highest BCUT2D eigenvalue weighted by Gasteiger charge is 2.32. The fourth-order valence-electron chi connectivity index (χ4n) is 1.07. The standard InChI is InChI=1S/C9H7BrF3NO/c1-4(15)6-2-5(9(11,12)13)3-7(14)8(6)10/h2-3H,14H2,1H3. The van der Waals surface area contributed by atoms with Gasteiger partial charge < -0.3 is 5.73 Å². The molecule has 0 heterocycles. The molecule has 15 heavy (non-hydrogen) atoms. The number of nitrogen functional groups attached to an aromatic ring is 1. The number of carbonyl (C=O) groups excluding carboxylic acids is 1. The predicted octanol–water partition coefficient (Wildman–Crippen LogP) is 3.25. The Labute approximate surface area is 92.4 Å². The van der Waals surface area contributed by atoms with Gasteiger partial charge in [-0.3, -0.25) is 4.79 Å². The van der Waals surface area contributed by atoms with Crippen LogP contribution in [0.2, 0.25) is 0 Å². The van der Waals surface area contributed by atoms with Gasteiger partial charge in [-0.05, 0) is 35.0 Å². The minimum Gasteiger partial charge on any atom is -0.398 e. The first-order chi connectivity index (χ1) is 6.73. The van der Waals surface area contributed by atoms with Crippen molar-refractivity contribution in [3.05, 3.63) is 27.7 Å². The molecule has 0 saturated heterocycles. The molecule has 2 nitrogen and oxygen atoms in total. The van der Waals surface area contributed by atoms with Crippen molar-refractivity contribution < 1.29 is 18.0 Å². The molecule has 0 atom stereocenters. The van der Waals surface area contributed by atoms with Crippen LogP contribution in [-0.2, 0) is 6.18 Å². The van der Waals surface area contributed by atoms with Crippen molar-refractivity contribution in [2.75, 3.05) is 5.73 Å². The molecular weight excluding hydrogens is 275 g/mol. The maximum absolute atomic E-state index is 12.4. The molecule has 0 unspecified atom stereocenters. The number of carbonyl (C=O) groups is 1. The first-order valence-corrected chi connectivity index (χ1v) is 4.70. The molecule has 0 spiro atoms. The Morgan fingerprint density at radius 2 is 1.93 bits per heavy atom. The summed E-state index contributed by atoms with van der Waals surface area (Å²) in [5, 5.41) is 0. The van der Waals surface area contributed by atoms with Crippen LogP contribution < -0.4 is 5.73 Å². The third kappa shape index (κ3) is 2.50. The molecule has 0 radical (unpaired) electrons. The highest BCUT2D eigenvalue weighted by atomic mass is 79.9. The van der Waals surface area contributed by atoms with Crippen LogP contribution in [0.3, 0.4) is 0 Å². The van der Waals surface area contributed by atoms with Crippen LogP contribution in [0.25, 0.3) is 0 Å². The Hall–Kier alpha value is -1.04. The van der Waals surface area contributed by atoms with E-state index in [0.717, 1.165) is 12.1 Å². The Morgan fingerprint density at radius 1 is 1.40 bits per heavy atom. The van der Waals surface area contributed by atoms with Crippen LogP contribution in [0.1, 0.15) is 22.8 Å². The summed E-state index contributed by atoms with van der Waals surface area (Å²) < 4.78 is 37.3. The quantitative estimate of drug-likeness (QED) is 0.634. The lowest BCUT2D eigenvalue weighted by Gasteiger charge is -2.11. The number of hydrogen-bond donors (Lipinski definition) is 1. The lowest BCUT2D eigenvalue weighted by atomic mass is 10.1. The Bertz CT molecular complexity index is 415. The molecule has 0 fully saturated rings. The highest BCUT2D eigenvalue weighted by molar-refractivity contribution is 9.10. The number of nitrogens with two attached hydrogens (primary N) is 1. The van der Waals surface area contributed by atoms with E-state index in [1.165, 1.54) is 6.92 Å². The smallest absolute Gasteiger partial charge is 0.398 e. The number of anilines is 1. The van der Waals surface area contributed by atoms with Gasteiger partial charge in [-0.2, -0.15) is 13.2 Å². The summed E-state index contributed by atoms with van der Waals surface area (Å²) in [7, 11) is 0. The van der Waals surface area contributed by atoms with Gasteiger partial charge in [0.1, 0.15) is 0 Å². The van der Waals surface area contributed by atoms with Crippen molar-refractivity contribution in [2.45, 2.75) is 13.1 Å². The molecule has 82 valence electrons. The third-order valence-corrected chi connectivity index (χ3v) is 2.69. The first-order valence-electron chi connectivity index (χ1n) is 3.90. The average Bonchev–Trinajstić information content (AvgIpc) is 2.06. The zero-order chi connectivity index (χ0) is 11.8. The molecule has 6 heteroatoms. The van der Waals surface area contributed by atoms with Crippen LogP contribution in [0.15, 0.2) is 16.6 Å². The number of Topliss-reactive ketones (excluding diaryl/α,β-unsaturated/α-hetero) is 1. The lowest BCUT2D eigenvalue weighted by Crippen LogP contribution is -2.09. The van der Waals surface area contributed by atoms with Crippen molar-refractivity contribution in [1.82, 2.24) is 0 Å². The fourth-order valence-corrected chi connectivity index (χ4v) is 1.57. The van der Waals surface area contributed by atoms with Gasteiger partial charge in [-0.15, -0.1) is 0 Å². The highest BCUT2D eigenvalue weighted by Crippen LogP contribution is 2.35. The van der Waals surface area contributed by atoms with E-state index in [-0.39, 0.29) is 15.7 Å². The summed E-state index contributed by atoms with van der Waals surface area (Å²) >= 11 is 2.97. The lowest BCUT2D eigenvalue weighted by molar-refractivity contribution is -0.137. The monoisotopic (exact) mass is 281 g/mol. The molecule has 0 aliphatic carbocycles. The van der Waals surface area contributed by atoms with Gasteiger partial charge in [-0.25, -0.2) is 0 Å². The minimum atomic E-state index is -4.50. The van der Waals surface area contributed by atoms with E-state index < -0.39 is 17.5 Å². The summed E-state index contributed by atoms with van der Waals surface area (Å²) in [5.41, 5.74) is 4.26. The van der Waals surface area contributed by atoms with Crippen LogP contribution in [0, 0.1) is 0 Å². The Kier molecular flexibility index (Phi) is 3.08. The first kappa shape index (κ1) is 12.0. The van der Waals surface area contributed by atoms with E-state index >= 15 is 0 Å². The third-order valence-electron chi connectivity index (χ3n) is 1.81. The maximum atomic E-state index is 12.4. The SMILES string of the molecule is CC(=O)c1cc(C(F)(F)F)cc(N)c1Br. The van der Waals surface area contributed by atoms with Crippen molar-refractivity contribution in [2.24, 2.45) is 0 Å². The Morgan fingerprint density at radius 3 is 2.33 bits per heavy atom. The molecule has 1 aromatic rings. The van der Waals surface area contributed by atoms with Gasteiger partial charge in [0.05, 0.1) is 10.0 Å². The largest absolute Gasteiger partial charge is 0.416 e. The molecule has 2 N–H and O–H groups in total. The van der Waals surface area contributed by atoms with Gasteiger partial charge in [-0.1, -0.05) is 0 Å². The van der Waals surface area contributed by atoms with Crippen molar-refractivity contribution in [3.63, 3.8) is 0 Å². The second-order valence-corrected chi connectivity index (χ2v) is 3.77. The molecule has 0 aliphatic heterocycles. The second-order valence-electron chi connectivity index (χ2n) is 2.98. The van der Waals surface area contributed by atoms with Gasteiger partial charge in [0.15, 0.2) is 5.78 Å². The number of rotatable bonds is 1. The van der Waals surface area contributed by atoms with E-state index in [9.17, 15) is 18.0 Å². The van der Waals surface area contributed by atoms with Gasteiger partial charge >= 0.3 is 6.18 Å². The van der Waals surface area contributed by atoms with Crippen LogP contribution in [0.4, 0.5) is 18.9 Å². The number of hydrogen-bond acceptors (Lipinski definition) is 2. The molecular formula is C9H7BrF3NO. The van der Waals surface area contributed by atoms with Crippen LogP contribution in [0.5, 0.6) is 0 Å². The Balaban J connectivity index is 3.43. The normalized spacial score (nSPS) is 11.5. The van der Waals surface area contributed by atoms with E-state index in [1.807, 2.05) is 0 Å².